The third-order valence-corrected chi connectivity index (χ3v) is 4.05. The molecule has 0 amide bonds. The van der Waals surface area contributed by atoms with Crippen LogP contribution in [-0.4, -0.2) is 14.2 Å². The van der Waals surface area contributed by atoms with Gasteiger partial charge < -0.3 is 14.8 Å². The Bertz CT molecular complexity index is 601. The molecule has 0 unspecified atom stereocenters. The monoisotopic (exact) mass is 349 g/mol. The van der Waals surface area contributed by atoms with E-state index >= 15 is 0 Å². The number of hydrogen-bond donors (Lipinski definition) is 1. The minimum Gasteiger partial charge on any atom is -0.496 e. The fraction of sp³-hybridized carbons (Fsp3) is 0.294. The molecule has 2 rings (SSSR count). The van der Waals surface area contributed by atoms with Crippen LogP contribution in [0.25, 0.3) is 0 Å². The second kappa shape index (κ2) is 7.48. The molecule has 1 atom stereocenters. The molecule has 0 aliphatic rings. The number of para-hydroxylation sites is 1. The summed E-state index contributed by atoms with van der Waals surface area (Å²) in [6, 6.07) is 14.4. The number of hydrogen-bond acceptors (Lipinski definition) is 3. The lowest BCUT2D eigenvalue weighted by molar-refractivity contribution is 0.401. The zero-order valence-electron chi connectivity index (χ0n) is 12.5. The van der Waals surface area contributed by atoms with Crippen molar-refractivity contribution >= 4 is 15.9 Å². The first-order valence-corrected chi connectivity index (χ1v) is 7.63. The zero-order chi connectivity index (χ0) is 15.2. The van der Waals surface area contributed by atoms with Crippen molar-refractivity contribution in [3.8, 4) is 11.5 Å². The Morgan fingerprint density at radius 3 is 2.43 bits per heavy atom. The van der Waals surface area contributed by atoms with Crippen LogP contribution in [0.3, 0.4) is 0 Å². The third-order valence-electron chi connectivity index (χ3n) is 3.43. The molecule has 0 aliphatic heterocycles. The van der Waals surface area contributed by atoms with E-state index in [2.05, 4.69) is 46.4 Å². The van der Waals surface area contributed by atoms with Gasteiger partial charge in [-0.25, -0.2) is 0 Å². The molecule has 2 aromatic carbocycles. The third kappa shape index (κ3) is 3.99. The van der Waals surface area contributed by atoms with E-state index in [9.17, 15) is 0 Å². The molecule has 0 saturated carbocycles. The predicted octanol–water partition coefficient (Wildman–Crippen LogP) is 4.32. The summed E-state index contributed by atoms with van der Waals surface area (Å²) in [7, 11) is 3.37. The Labute approximate surface area is 134 Å². The highest BCUT2D eigenvalue weighted by molar-refractivity contribution is 9.10. The molecule has 0 aliphatic carbocycles. The van der Waals surface area contributed by atoms with Crippen molar-refractivity contribution < 1.29 is 9.47 Å². The molecule has 3 nitrogen and oxygen atoms in total. The Morgan fingerprint density at radius 2 is 1.76 bits per heavy atom. The van der Waals surface area contributed by atoms with Gasteiger partial charge in [0.25, 0.3) is 0 Å². The van der Waals surface area contributed by atoms with Gasteiger partial charge in [-0.05, 0) is 46.6 Å². The summed E-state index contributed by atoms with van der Waals surface area (Å²) in [5.74, 6) is 1.75. The van der Waals surface area contributed by atoms with Crippen LogP contribution in [0, 0.1) is 0 Å². The van der Waals surface area contributed by atoms with E-state index in [0.717, 1.165) is 28.1 Å². The van der Waals surface area contributed by atoms with Gasteiger partial charge in [0.15, 0.2) is 0 Å². The van der Waals surface area contributed by atoms with Crippen molar-refractivity contribution in [2.75, 3.05) is 14.2 Å². The molecule has 112 valence electrons. The maximum atomic E-state index is 5.40. The molecule has 0 spiro atoms. The normalized spacial score (nSPS) is 12.0. The number of halogens is 1. The summed E-state index contributed by atoms with van der Waals surface area (Å²) in [6.45, 7) is 2.91. The number of rotatable bonds is 6. The number of nitrogens with one attached hydrogen (secondary N) is 1. The van der Waals surface area contributed by atoms with Gasteiger partial charge in [0.2, 0.25) is 0 Å². The smallest absolute Gasteiger partial charge is 0.133 e. The van der Waals surface area contributed by atoms with Gasteiger partial charge in [0, 0.05) is 18.2 Å². The first-order chi connectivity index (χ1) is 10.2. The van der Waals surface area contributed by atoms with Gasteiger partial charge in [-0.1, -0.05) is 24.3 Å². The average molecular weight is 350 g/mol. The predicted molar refractivity (Wildman–Crippen MR) is 88.9 cm³/mol. The Balaban J connectivity index is 2.04. The maximum absolute atomic E-state index is 5.40. The van der Waals surface area contributed by atoms with Gasteiger partial charge in [-0.2, -0.15) is 0 Å². The number of methoxy groups -OCH3 is 2. The maximum Gasteiger partial charge on any atom is 0.133 e. The topological polar surface area (TPSA) is 30.5 Å². The minimum absolute atomic E-state index is 0.210. The molecular weight excluding hydrogens is 330 g/mol. The second-order valence-corrected chi connectivity index (χ2v) is 5.67. The SMILES string of the molecule is COc1ccc(CN[C@H](C)c2ccccc2OC)cc1Br. The van der Waals surface area contributed by atoms with Crippen molar-refractivity contribution in [2.45, 2.75) is 19.5 Å². The molecule has 1 N–H and O–H groups in total. The van der Waals surface area contributed by atoms with Crippen LogP contribution in [0.1, 0.15) is 24.1 Å². The lowest BCUT2D eigenvalue weighted by Gasteiger charge is -2.17. The molecular formula is C17H20BrNO2. The van der Waals surface area contributed by atoms with Crippen LogP contribution in [0.2, 0.25) is 0 Å². The van der Waals surface area contributed by atoms with Gasteiger partial charge >= 0.3 is 0 Å². The molecule has 0 heterocycles. The van der Waals surface area contributed by atoms with Gasteiger partial charge in [0.05, 0.1) is 18.7 Å². The highest BCUT2D eigenvalue weighted by Crippen LogP contribution is 2.27. The van der Waals surface area contributed by atoms with Gasteiger partial charge in [-0.3, -0.25) is 0 Å². The van der Waals surface area contributed by atoms with Crippen molar-refractivity contribution in [2.24, 2.45) is 0 Å². The van der Waals surface area contributed by atoms with Gasteiger partial charge in [-0.15, -0.1) is 0 Å². The molecule has 0 aromatic heterocycles. The molecule has 4 heteroatoms. The van der Waals surface area contributed by atoms with E-state index in [-0.39, 0.29) is 6.04 Å². The van der Waals surface area contributed by atoms with E-state index in [0.29, 0.717) is 0 Å². The molecule has 0 bridgehead atoms. The standard InChI is InChI=1S/C17H20BrNO2/c1-12(14-6-4-5-7-16(14)20-2)19-11-13-8-9-17(21-3)15(18)10-13/h4-10,12,19H,11H2,1-3H3/t12-/m1/s1. The number of benzene rings is 2. The van der Waals surface area contributed by atoms with Gasteiger partial charge in [0.1, 0.15) is 11.5 Å². The van der Waals surface area contributed by atoms with Crippen LogP contribution >= 0.6 is 15.9 Å². The van der Waals surface area contributed by atoms with E-state index in [1.807, 2.05) is 24.3 Å². The highest BCUT2D eigenvalue weighted by atomic mass is 79.9. The Morgan fingerprint density at radius 1 is 1.05 bits per heavy atom. The molecule has 0 fully saturated rings. The summed E-state index contributed by atoms with van der Waals surface area (Å²) >= 11 is 3.51. The van der Waals surface area contributed by atoms with Crippen LogP contribution in [0.4, 0.5) is 0 Å². The summed E-state index contributed by atoms with van der Waals surface area (Å²) in [5, 5.41) is 3.51. The van der Waals surface area contributed by atoms with Crippen molar-refractivity contribution in [1.82, 2.24) is 5.32 Å². The lowest BCUT2D eigenvalue weighted by atomic mass is 10.1. The van der Waals surface area contributed by atoms with Crippen molar-refractivity contribution in [3.05, 3.63) is 58.1 Å². The largest absolute Gasteiger partial charge is 0.496 e. The van der Waals surface area contributed by atoms with E-state index < -0.39 is 0 Å². The zero-order valence-corrected chi connectivity index (χ0v) is 14.1. The quantitative estimate of drug-likeness (QED) is 0.842. The van der Waals surface area contributed by atoms with E-state index in [1.165, 1.54) is 5.56 Å². The van der Waals surface area contributed by atoms with Crippen LogP contribution in [-0.2, 0) is 6.54 Å². The summed E-state index contributed by atoms with van der Waals surface area (Å²) in [4.78, 5) is 0. The van der Waals surface area contributed by atoms with Crippen LogP contribution < -0.4 is 14.8 Å². The van der Waals surface area contributed by atoms with E-state index in [1.54, 1.807) is 14.2 Å². The molecule has 2 aromatic rings. The summed E-state index contributed by atoms with van der Waals surface area (Å²) in [5.41, 5.74) is 2.36. The Kier molecular flexibility index (Phi) is 5.65. The van der Waals surface area contributed by atoms with E-state index in [4.69, 9.17) is 9.47 Å². The second-order valence-electron chi connectivity index (χ2n) is 4.81. The van der Waals surface area contributed by atoms with Crippen molar-refractivity contribution in [1.29, 1.82) is 0 Å². The number of ether oxygens (including phenoxy) is 2. The van der Waals surface area contributed by atoms with Crippen LogP contribution in [0.5, 0.6) is 11.5 Å². The molecule has 0 radical (unpaired) electrons. The minimum atomic E-state index is 0.210. The first-order valence-electron chi connectivity index (χ1n) is 6.84. The fourth-order valence-corrected chi connectivity index (χ4v) is 2.81. The fourth-order valence-electron chi connectivity index (χ4n) is 2.22. The van der Waals surface area contributed by atoms with Crippen LogP contribution in [0.15, 0.2) is 46.9 Å². The Hall–Kier alpha value is -1.52. The highest BCUT2D eigenvalue weighted by Gasteiger charge is 2.10. The summed E-state index contributed by atoms with van der Waals surface area (Å²) < 4.78 is 11.6. The lowest BCUT2D eigenvalue weighted by Crippen LogP contribution is -2.18. The van der Waals surface area contributed by atoms with Crippen molar-refractivity contribution in [3.63, 3.8) is 0 Å². The average Bonchev–Trinajstić information content (AvgIpc) is 2.52. The first kappa shape index (κ1) is 15.9. The molecule has 21 heavy (non-hydrogen) atoms. The summed E-state index contributed by atoms with van der Waals surface area (Å²) in [6.07, 6.45) is 0. The molecule has 0 saturated heterocycles.